The van der Waals surface area contributed by atoms with Gasteiger partial charge in [-0.05, 0) is 74.4 Å². The number of rotatable bonds is 7. The van der Waals surface area contributed by atoms with E-state index in [0.717, 1.165) is 22.6 Å². The number of hydrogen-bond acceptors (Lipinski definition) is 5. The second-order valence-corrected chi connectivity index (χ2v) is 9.12. The Balaban J connectivity index is 1.78. The van der Waals surface area contributed by atoms with Gasteiger partial charge in [-0.15, -0.1) is 0 Å². The molecule has 0 unspecified atom stereocenters. The van der Waals surface area contributed by atoms with Crippen LogP contribution in [0, 0.1) is 13.8 Å². The fraction of sp³-hybridized carbons (Fsp3) is 0.320. The number of carbonyl (C=O) groups is 1. The van der Waals surface area contributed by atoms with E-state index in [1.54, 1.807) is 24.4 Å². The number of carbonyl (C=O) groups excluding carboxylic acids is 1. The third-order valence-corrected chi connectivity index (χ3v) is 6.76. The molecule has 1 aromatic carbocycles. The maximum atomic E-state index is 11.7. The Bertz CT molecular complexity index is 1210. The quantitative estimate of drug-likeness (QED) is 0.358. The fourth-order valence-electron chi connectivity index (χ4n) is 4.61. The number of methoxy groups -OCH3 is 1. The summed E-state index contributed by atoms with van der Waals surface area (Å²) in [4.78, 5) is 18.4. The van der Waals surface area contributed by atoms with Gasteiger partial charge >= 0.3 is 5.97 Å². The van der Waals surface area contributed by atoms with E-state index in [4.69, 9.17) is 28.6 Å². The molecule has 0 radical (unpaired) electrons. The van der Waals surface area contributed by atoms with E-state index < -0.39 is 0 Å². The smallest absolute Gasteiger partial charge is 0.305 e. The first-order valence-electron chi connectivity index (χ1n) is 11.0. The first-order valence-corrected chi connectivity index (χ1v) is 11.8. The molecule has 1 aliphatic rings. The fourth-order valence-corrected chi connectivity index (χ4v) is 5.11. The summed E-state index contributed by atoms with van der Waals surface area (Å²) in [6, 6.07) is 12.6. The van der Waals surface area contributed by atoms with E-state index >= 15 is 0 Å². The van der Waals surface area contributed by atoms with Crippen LogP contribution in [0.4, 0.5) is 0 Å². The number of halogens is 1. The van der Waals surface area contributed by atoms with Gasteiger partial charge in [-0.25, -0.2) is 0 Å². The van der Waals surface area contributed by atoms with Crippen LogP contribution in [0.2, 0.25) is 5.02 Å². The van der Waals surface area contributed by atoms with Crippen LogP contribution in [0.1, 0.15) is 47.6 Å². The van der Waals surface area contributed by atoms with E-state index in [-0.39, 0.29) is 23.8 Å². The minimum absolute atomic E-state index is 0.147. The number of thiocarbonyl (C=S) groups is 1. The van der Waals surface area contributed by atoms with Crippen molar-refractivity contribution in [1.29, 1.82) is 0 Å². The standard InChI is InChI=1S/C25H27ClN4O3S/c1-15-13-18(16(2)30(15)20-14-17(26)9-10-21(20)31)24-23(19-7-4-5-11-27-19)28-25(34)29(24)12-6-8-22(32)33-3/h4-5,7,9-11,13-14,23-24,31H,6,8,12H2,1-3H3,(H,28,34)/t23-,24+/m0/s1. The first-order chi connectivity index (χ1) is 16.3. The molecule has 9 heteroatoms. The topological polar surface area (TPSA) is 79.6 Å². The van der Waals surface area contributed by atoms with E-state index in [2.05, 4.69) is 21.3 Å². The van der Waals surface area contributed by atoms with E-state index in [1.807, 2.05) is 36.6 Å². The van der Waals surface area contributed by atoms with Crippen LogP contribution < -0.4 is 5.32 Å². The first kappa shape index (κ1) is 24.0. The number of aryl methyl sites for hydroxylation is 1. The molecule has 3 heterocycles. The Kier molecular flexibility index (Phi) is 7.09. The lowest BCUT2D eigenvalue weighted by atomic mass is 9.96. The van der Waals surface area contributed by atoms with Gasteiger partial charge in [0, 0.05) is 35.6 Å². The number of hydrogen-bond donors (Lipinski definition) is 2. The van der Waals surface area contributed by atoms with Gasteiger partial charge < -0.3 is 24.6 Å². The zero-order valence-electron chi connectivity index (χ0n) is 19.3. The molecule has 0 saturated carbocycles. The minimum Gasteiger partial charge on any atom is -0.506 e. The van der Waals surface area contributed by atoms with Crippen molar-refractivity contribution in [3.05, 3.63) is 76.3 Å². The number of esters is 1. The van der Waals surface area contributed by atoms with Crippen molar-refractivity contribution >= 4 is 34.9 Å². The van der Waals surface area contributed by atoms with Gasteiger partial charge in [0.25, 0.3) is 0 Å². The summed E-state index contributed by atoms with van der Waals surface area (Å²) >= 11 is 12.0. The van der Waals surface area contributed by atoms with Crippen molar-refractivity contribution in [2.45, 2.75) is 38.8 Å². The van der Waals surface area contributed by atoms with Gasteiger partial charge in [-0.3, -0.25) is 9.78 Å². The molecule has 0 spiro atoms. The van der Waals surface area contributed by atoms with Gasteiger partial charge in [0.2, 0.25) is 0 Å². The molecule has 2 aromatic heterocycles. The second kappa shape index (κ2) is 10.0. The molecule has 4 rings (SSSR count). The number of nitrogens with zero attached hydrogens (tertiary/aromatic N) is 3. The molecule has 0 aliphatic carbocycles. The Labute approximate surface area is 209 Å². The number of aromatic hydroxyl groups is 1. The van der Waals surface area contributed by atoms with Gasteiger partial charge in [0.05, 0.1) is 30.6 Å². The van der Waals surface area contributed by atoms with Gasteiger partial charge in [0.1, 0.15) is 5.75 Å². The average molecular weight is 499 g/mol. The summed E-state index contributed by atoms with van der Waals surface area (Å²) in [5.41, 5.74) is 4.47. The van der Waals surface area contributed by atoms with Crippen molar-refractivity contribution in [2.24, 2.45) is 0 Å². The number of nitrogens with one attached hydrogen (secondary N) is 1. The molecular formula is C25H27ClN4O3S. The van der Waals surface area contributed by atoms with Crippen molar-refractivity contribution < 1.29 is 14.6 Å². The highest BCUT2D eigenvalue weighted by molar-refractivity contribution is 7.80. The zero-order valence-corrected chi connectivity index (χ0v) is 20.9. The lowest BCUT2D eigenvalue weighted by Crippen LogP contribution is -2.31. The molecular weight excluding hydrogens is 472 g/mol. The van der Waals surface area contributed by atoms with Crippen LogP contribution >= 0.6 is 23.8 Å². The molecule has 0 amide bonds. The van der Waals surface area contributed by atoms with Crippen molar-refractivity contribution in [3.63, 3.8) is 0 Å². The molecule has 1 saturated heterocycles. The Morgan fingerprint density at radius 3 is 2.76 bits per heavy atom. The maximum Gasteiger partial charge on any atom is 0.305 e. The largest absolute Gasteiger partial charge is 0.506 e. The lowest BCUT2D eigenvalue weighted by Gasteiger charge is -2.28. The number of phenolic OH excluding ortho intramolecular Hbond substituents is 1. The van der Waals surface area contributed by atoms with Crippen LogP contribution in [0.5, 0.6) is 5.75 Å². The second-order valence-electron chi connectivity index (χ2n) is 8.29. The van der Waals surface area contributed by atoms with Gasteiger partial charge in [0.15, 0.2) is 5.11 Å². The van der Waals surface area contributed by atoms with E-state index in [1.165, 1.54) is 7.11 Å². The van der Waals surface area contributed by atoms with Gasteiger partial charge in [-0.2, -0.15) is 0 Å². The number of ether oxygens (including phenoxy) is 1. The third-order valence-electron chi connectivity index (χ3n) is 6.17. The van der Waals surface area contributed by atoms with Crippen molar-refractivity contribution in [1.82, 2.24) is 19.8 Å². The zero-order chi connectivity index (χ0) is 24.4. The van der Waals surface area contributed by atoms with Crippen LogP contribution in [-0.2, 0) is 9.53 Å². The van der Waals surface area contributed by atoms with Crippen LogP contribution in [0.25, 0.3) is 5.69 Å². The van der Waals surface area contributed by atoms with Crippen molar-refractivity contribution in [3.8, 4) is 11.4 Å². The van der Waals surface area contributed by atoms with Crippen LogP contribution in [-0.4, -0.2) is 44.3 Å². The summed E-state index contributed by atoms with van der Waals surface area (Å²) in [5.74, 6) is -0.0977. The maximum absolute atomic E-state index is 11.7. The van der Waals surface area contributed by atoms with Crippen molar-refractivity contribution in [2.75, 3.05) is 13.7 Å². The summed E-state index contributed by atoms with van der Waals surface area (Å²) in [5, 5.41) is 15.1. The Morgan fingerprint density at radius 1 is 1.26 bits per heavy atom. The highest BCUT2D eigenvalue weighted by Gasteiger charge is 2.41. The molecule has 1 fully saturated rings. The molecule has 2 N–H and O–H groups in total. The predicted octanol–water partition coefficient (Wildman–Crippen LogP) is 4.77. The number of benzene rings is 1. The SMILES string of the molecule is COC(=O)CCCN1C(=S)N[C@@H](c2ccccn2)[C@H]1c1cc(C)n(-c2cc(Cl)ccc2O)c1C. The third kappa shape index (κ3) is 4.60. The molecule has 7 nitrogen and oxygen atoms in total. The molecule has 178 valence electrons. The Morgan fingerprint density at radius 2 is 2.06 bits per heavy atom. The summed E-state index contributed by atoms with van der Waals surface area (Å²) in [6.45, 7) is 4.60. The minimum atomic E-state index is -0.245. The van der Waals surface area contributed by atoms with Crippen LogP contribution in [0.15, 0.2) is 48.7 Å². The number of phenols is 1. The lowest BCUT2D eigenvalue weighted by molar-refractivity contribution is -0.140. The normalized spacial score (nSPS) is 17.6. The average Bonchev–Trinajstić information content (AvgIpc) is 3.31. The monoisotopic (exact) mass is 498 g/mol. The summed E-state index contributed by atoms with van der Waals surface area (Å²) in [7, 11) is 1.39. The van der Waals surface area contributed by atoms with Crippen LogP contribution in [0.3, 0.4) is 0 Å². The summed E-state index contributed by atoms with van der Waals surface area (Å²) in [6.07, 6.45) is 2.68. The molecule has 1 aliphatic heterocycles. The van der Waals surface area contributed by atoms with E-state index in [0.29, 0.717) is 35.2 Å². The molecule has 34 heavy (non-hydrogen) atoms. The number of pyridine rings is 1. The highest BCUT2D eigenvalue weighted by atomic mass is 35.5. The number of aromatic nitrogens is 2. The molecule has 3 aromatic rings. The molecule has 2 atom stereocenters. The Hall–Kier alpha value is -3.10. The van der Waals surface area contributed by atoms with Gasteiger partial charge in [-0.1, -0.05) is 17.7 Å². The highest BCUT2D eigenvalue weighted by Crippen LogP contribution is 2.42. The summed E-state index contributed by atoms with van der Waals surface area (Å²) < 4.78 is 6.80. The van der Waals surface area contributed by atoms with E-state index in [9.17, 15) is 9.90 Å². The predicted molar refractivity (Wildman–Crippen MR) is 135 cm³/mol. The molecule has 0 bridgehead atoms.